The van der Waals surface area contributed by atoms with E-state index in [9.17, 15) is 9.59 Å². The number of fused-ring (bicyclic) bond motifs is 1. The fourth-order valence-electron chi connectivity index (χ4n) is 2.55. The molecule has 1 heterocycles. The Bertz CT molecular complexity index is 633. The van der Waals surface area contributed by atoms with Crippen molar-refractivity contribution in [2.24, 2.45) is 11.7 Å². The molecule has 130 valence electrons. The summed E-state index contributed by atoms with van der Waals surface area (Å²) in [4.78, 5) is 22.7. The highest BCUT2D eigenvalue weighted by molar-refractivity contribution is 5.96. The number of benzene rings is 1. The van der Waals surface area contributed by atoms with Gasteiger partial charge in [0.1, 0.15) is 5.75 Å². The number of amides is 1. The number of rotatable bonds is 8. The Kier molecular flexibility index (Phi) is 6.00. The summed E-state index contributed by atoms with van der Waals surface area (Å²) in [5, 5.41) is 21.3. The smallest absolute Gasteiger partial charge is 0.303 e. The number of carboxylic acid groups (broad SMARTS) is 1. The first-order valence-corrected chi connectivity index (χ1v) is 7.82. The summed E-state index contributed by atoms with van der Waals surface area (Å²) in [5.41, 5.74) is 6.88. The number of anilines is 1. The van der Waals surface area contributed by atoms with Crippen LogP contribution in [0.4, 0.5) is 5.69 Å². The van der Waals surface area contributed by atoms with Crippen LogP contribution in [0.2, 0.25) is 0 Å². The molecular weight excluding hydrogens is 312 g/mol. The Morgan fingerprint density at radius 3 is 3.00 bits per heavy atom. The number of nitrogens with two attached hydrogens (primary N) is 1. The number of aliphatic carboxylic acids is 1. The van der Waals surface area contributed by atoms with Gasteiger partial charge in [-0.05, 0) is 30.9 Å². The molecule has 1 atom stereocenters. The van der Waals surface area contributed by atoms with E-state index in [0.717, 1.165) is 5.56 Å². The maximum Gasteiger partial charge on any atom is 0.303 e. The van der Waals surface area contributed by atoms with Crippen molar-refractivity contribution in [2.75, 3.05) is 18.5 Å². The van der Waals surface area contributed by atoms with Crippen LogP contribution in [-0.2, 0) is 16.0 Å². The summed E-state index contributed by atoms with van der Waals surface area (Å²) in [6.45, 7) is 1.02. The quantitative estimate of drug-likeness (QED) is 0.272. The lowest BCUT2D eigenvalue weighted by molar-refractivity contribution is -0.137. The normalized spacial score (nSPS) is 16.0. The van der Waals surface area contributed by atoms with Gasteiger partial charge in [0, 0.05) is 30.6 Å². The van der Waals surface area contributed by atoms with E-state index in [1.54, 1.807) is 6.07 Å². The van der Waals surface area contributed by atoms with Crippen LogP contribution in [0.1, 0.15) is 24.8 Å². The van der Waals surface area contributed by atoms with Gasteiger partial charge < -0.3 is 26.2 Å². The van der Waals surface area contributed by atoms with Gasteiger partial charge in [-0.2, -0.15) is 0 Å². The molecular formula is C16H22N4O4. The second-order valence-electron chi connectivity index (χ2n) is 5.68. The number of hydrogen-bond acceptors (Lipinski definition) is 4. The van der Waals surface area contributed by atoms with Crippen molar-refractivity contribution in [1.29, 1.82) is 5.41 Å². The summed E-state index contributed by atoms with van der Waals surface area (Å²) in [5.74, 6) is -0.758. The van der Waals surface area contributed by atoms with Crippen molar-refractivity contribution in [3.05, 3.63) is 23.8 Å². The van der Waals surface area contributed by atoms with Crippen LogP contribution in [-0.4, -0.2) is 36.1 Å². The Morgan fingerprint density at radius 1 is 1.50 bits per heavy atom. The fourth-order valence-corrected chi connectivity index (χ4v) is 2.55. The van der Waals surface area contributed by atoms with Gasteiger partial charge in [0.05, 0.1) is 6.61 Å². The van der Waals surface area contributed by atoms with Crippen molar-refractivity contribution in [2.45, 2.75) is 25.7 Å². The molecule has 1 unspecified atom stereocenters. The van der Waals surface area contributed by atoms with Crippen LogP contribution in [0, 0.1) is 11.3 Å². The predicted molar refractivity (Wildman–Crippen MR) is 89.2 cm³/mol. The molecule has 1 aromatic rings. The summed E-state index contributed by atoms with van der Waals surface area (Å²) < 4.78 is 5.61. The van der Waals surface area contributed by atoms with Gasteiger partial charge in [-0.15, -0.1) is 0 Å². The van der Waals surface area contributed by atoms with Gasteiger partial charge in [-0.3, -0.25) is 15.0 Å². The maximum absolute atomic E-state index is 12.1. The van der Waals surface area contributed by atoms with Crippen LogP contribution in [0.5, 0.6) is 5.75 Å². The van der Waals surface area contributed by atoms with E-state index in [1.807, 2.05) is 12.1 Å². The summed E-state index contributed by atoms with van der Waals surface area (Å²) >= 11 is 0. The lowest BCUT2D eigenvalue weighted by Crippen LogP contribution is -2.31. The molecule has 0 aliphatic carbocycles. The molecule has 2 rings (SSSR count). The van der Waals surface area contributed by atoms with E-state index in [1.165, 1.54) is 0 Å². The van der Waals surface area contributed by atoms with E-state index in [-0.39, 0.29) is 24.2 Å². The number of hydrogen-bond donors (Lipinski definition) is 5. The molecule has 0 saturated heterocycles. The SMILES string of the molecule is N=C(N)NCCCOc1ccc2c(c1)NC(=O)C(CCC(=O)O)C2. The molecule has 0 bridgehead atoms. The van der Waals surface area contributed by atoms with E-state index in [4.69, 9.17) is 21.0 Å². The molecule has 1 amide bonds. The number of nitrogens with one attached hydrogen (secondary N) is 3. The third-order valence-electron chi connectivity index (χ3n) is 3.79. The van der Waals surface area contributed by atoms with Gasteiger partial charge in [0.2, 0.25) is 5.91 Å². The molecule has 6 N–H and O–H groups in total. The third-order valence-corrected chi connectivity index (χ3v) is 3.79. The van der Waals surface area contributed by atoms with Crippen molar-refractivity contribution >= 4 is 23.5 Å². The van der Waals surface area contributed by atoms with Crippen molar-refractivity contribution in [1.82, 2.24) is 5.32 Å². The molecule has 1 aromatic carbocycles. The molecule has 0 fully saturated rings. The number of carbonyl (C=O) groups is 2. The van der Waals surface area contributed by atoms with Crippen LogP contribution in [0.25, 0.3) is 0 Å². The Hall–Kier alpha value is -2.77. The summed E-state index contributed by atoms with van der Waals surface area (Å²) in [7, 11) is 0. The highest BCUT2D eigenvalue weighted by atomic mass is 16.5. The average molecular weight is 334 g/mol. The largest absolute Gasteiger partial charge is 0.493 e. The van der Waals surface area contributed by atoms with Gasteiger partial charge in [0.25, 0.3) is 0 Å². The highest BCUT2D eigenvalue weighted by Gasteiger charge is 2.26. The van der Waals surface area contributed by atoms with Gasteiger partial charge in [0.15, 0.2) is 5.96 Å². The molecule has 0 spiro atoms. The first-order valence-electron chi connectivity index (χ1n) is 7.82. The van der Waals surface area contributed by atoms with Crippen LogP contribution in [0.3, 0.4) is 0 Å². The van der Waals surface area contributed by atoms with Gasteiger partial charge >= 0.3 is 5.97 Å². The minimum Gasteiger partial charge on any atom is -0.493 e. The van der Waals surface area contributed by atoms with Crippen LogP contribution in [0.15, 0.2) is 18.2 Å². The van der Waals surface area contributed by atoms with Crippen molar-refractivity contribution < 1.29 is 19.4 Å². The number of carboxylic acids is 1. The second-order valence-corrected chi connectivity index (χ2v) is 5.68. The average Bonchev–Trinajstić information content (AvgIpc) is 2.52. The van der Waals surface area contributed by atoms with Crippen LogP contribution >= 0.6 is 0 Å². The molecule has 0 saturated carbocycles. The zero-order valence-electron chi connectivity index (χ0n) is 13.3. The molecule has 0 radical (unpaired) electrons. The van der Waals surface area contributed by atoms with Gasteiger partial charge in [-0.25, -0.2) is 0 Å². The summed E-state index contributed by atoms with van der Waals surface area (Å²) in [6.07, 6.45) is 1.56. The first-order chi connectivity index (χ1) is 11.5. The van der Waals surface area contributed by atoms with Gasteiger partial charge in [-0.1, -0.05) is 6.07 Å². The third kappa shape index (κ3) is 5.15. The summed E-state index contributed by atoms with van der Waals surface area (Å²) in [6, 6.07) is 5.51. The van der Waals surface area contributed by atoms with Crippen molar-refractivity contribution in [3.63, 3.8) is 0 Å². The highest BCUT2D eigenvalue weighted by Crippen LogP contribution is 2.31. The van der Waals surface area contributed by atoms with E-state index >= 15 is 0 Å². The van der Waals surface area contributed by atoms with E-state index in [2.05, 4.69) is 10.6 Å². The molecule has 0 aromatic heterocycles. The minimum atomic E-state index is -0.892. The Labute approximate surface area is 139 Å². The molecule has 1 aliphatic rings. The zero-order chi connectivity index (χ0) is 17.5. The van der Waals surface area contributed by atoms with E-state index in [0.29, 0.717) is 43.9 Å². The monoisotopic (exact) mass is 334 g/mol. The molecule has 24 heavy (non-hydrogen) atoms. The Morgan fingerprint density at radius 2 is 2.29 bits per heavy atom. The number of guanidine groups is 1. The molecule has 1 aliphatic heterocycles. The number of carbonyl (C=O) groups excluding carboxylic acids is 1. The van der Waals surface area contributed by atoms with E-state index < -0.39 is 5.97 Å². The lowest BCUT2D eigenvalue weighted by atomic mass is 9.89. The number of ether oxygens (including phenoxy) is 1. The lowest BCUT2D eigenvalue weighted by Gasteiger charge is -2.24. The minimum absolute atomic E-state index is 0.0110. The van der Waals surface area contributed by atoms with Crippen molar-refractivity contribution in [3.8, 4) is 5.75 Å². The first kappa shape index (κ1) is 17.6. The molecule has 8 nitrogen and oxygen atoms in total. The van der Waals surface area contributed by atoms with Crippen LogP contribution < -0.4 is 21.1 Å². The Balaban J connectivity index is 1.88. The fraction of sp³-hybridized carbons (Fsp3) is 0.438. The topological polar surface area (TPSA) is 138 Å². The predicted octanol–water partition coefficient (Wildman–Crippen LogP) is 0.914. The maximum atomic E-state index is 12.1. The zero-order valence-corrected chi connectivity index (χ0v) is 13.3. The molecule has 8 heteroatoms. The second kappa shape index (κ2) is 8.19. The standard InChI is InChI=1S/C16H22N4O4/c17-16(18)19-6-1-7-24-12-4-2-10-8-11(3-5-14(21)22)15(23)20-13(10)9-12/h2,4,9,11H,1,3,5-8H2,(H,20,23)(H,21,22)(H4,17,18,19).